The van der Waals surface area contributed by atoms with Gasteiger partial charge in [0.25, 0.3) is 5.91 Å². The number of halogens is 1. The molecule has 0 fully saturated rings. The van der Waals surface area contributed by atoms with Crippen molar-refractivity contribution in [2.75, 3.05) is 7.11 Å². The highest BCUT2D eigenvalue weighted by molar-refractivity contribution is 6.30. The molecule has 5 heteroatoms. The van der Waals surface area contributed by atoms with Gasteiger partial charge in [-0.1, -0.05) is 41.9 Å². The summed E-state index contributed by atoms with van der Waals surface area (Å²) in [5.41, 5.74) is 10.3. The third-order valence-electron chi connectivity index (χ3n) is 4.83. The molecule has 3 aromatic carbocycles. The lowest BCUT2D eigenvalue weighted by Crippen LogP contribution is -2.17. The van der Waals surface area contributed by atoms with Crippen molar-refractivity contribution in [1.82, 2.24) is 4.57 Å². The zero-order chi connectivity index (χ0) is 19.7. The fraction of sp³-hybridized carbons (Fsp3) is 0.0870. The first-order valence-corrected chi connectivity index (χ1v) is 9.25. The predicted octanol–water partition coefficient (Wildman–Crippen LogP) is 5.12. The molecule has 0 saturated heterocycles. The standard InChI is InChI=1S/C23H19ClN2O2/c1-28-20-9-4-16(5-10-20)17-6-11-21-18(12-17)13-22(23(25)27)26(21)14-15-2-7-19(24)8-3-15/h2-13H,14H2,1H3,(H2,25,27). The molecule has 1 amide bonds. The number of nitrogens with two attached hydrogens (primary N) is 1. The topological polar surface area (TPSA) is 57.2 Å². The Morgan fingerprint density at radius 1 is 0.964 bits per heavy atom. The van der Waals surface area contributed by atoms with Gasteiger partial charge >= 0.3 is 0 Å². The second kappa shape index (κ2) is 7.41. The van der Waals surface area contributed by atoms with Gasteiger partial charge in [-0.05, 0) is 59.2 Å². The number of amides is 1. The highest BCUT2D eigenvalue weighted by atomic mass is 35.5. The van der Waals surface area contributed by atoms with Gasteiger partial charge in [-0.25, -0.2) is 0 Å². The quantitative estimate of drug-likeness (QED) is 0.514. The summed E-state index contributed by atoms with van der Waals surface area (Å²) >= 11 is 5.98. The number of aromatic nitrogens is 1. The van der Waals surface area contributed by atoms with Gasteiger partial charge in [-0.2, -0.15) is 0 Å². The van der Waals surface area contributed by atoms with Crippen molar-refractivity contribution >= 4 is 28.4 Å². The lowest BCUT2D eigenvalue weighted by molar-refractivity contribution is 0.0992. The minimum Gasteiger partial charge on any atom is -0.497 e. The number of rotatable bonds is 5. The Morgan fingerprint density at radius 3 is 2.29 bits per heavy atom. The third kappa shape index (κ3) is 3.47. The van der Waals surface area contributed by atoms with E-state index in [-0.39, 0.29) is 0 Å². The van der Waals surface area contributed by atoms with Crippen LogP contribution in [0.15, 0.2) is 72.8 Å². The predicted molar refractivity (Wildman–Crippen MR) is 113 cm³/mol. The van der Waals surface area contributed by atoms with E-state index in [0.717, 1.165) is 33.3 Å². The zero-order valence-electron chi connectivity index (χ0n) is 15.4. The molecular formula is C23H19ClN2O2. The summed E-state index contributed by atoms with van der Waals surface area (Å²) in [4.78, 5) is 12.0. The van der Waals surface area contributed by atoms with Crippen molar-refractivity contribution in [1.29, 1.82) is 0 Å². The molecule has 1 heterocycles. The molecule has 0 atom stereocenters. The van der Waals surface area contributed by atoms with Crippen molar-refractivity contribution in [3.05, 3.63) is 89.1 Å². The molecule has 4 nitrogen and oxygen atoms in total. The molecule has 0 aliphatic rings. The van der Waals surface area contributed by atoms with Crippen LogP contribution < -0.4 is 10.5 Å². The Balaban J connectivity index is 1.77. The first-order chi connectivity index (χ1) is 13.5. The second-order valence-corrected chi connectivity index (χ2v) is 7.04. The SMILES string of the molecule is COc1ccc(-c2ccc3c(c2)cc(C(N)=O)n3Cc2ccc(Cl)cc2)cc1. The van der Waals surface area contributed by atoms with Crippen molar-refractivity contribution in [2.24, 2.45) is 5.73 Å². The minimum atomic E-state index is -0.448. The number of nitrogens with zero attached hydrogens (tertiary/aromatic N) is 1. The van der Waals surface area contributed by atoms with Crippen LogP contribution in [0.4, 0.5) is 0 Å². The molecule has 0 unspecified atom stereocenters. The number of carbonyl (C=O) groups excluding carboxylic acids is 1. The molecule has 1 aromatic heterocycles. The summed E-state index contributed by atoms with van der Waals surface area (Å²) in [6.45, 7) is 0.542. The molecule has 0 radical (unpaired) electrons. The van der Waals surface area contributed by atoms with E-state index in [1.165, 1.54) is 0 Å². The van der Waals surface area contributed by atoms with E-state index in [0.29, 0.717) is 17.3 Å². The van der Waals surface area contributed by atoms with Gasteiger partial charge in [-0.3, -0.25) is 4.79 Å². The Kier molecular flexibility index (Phi) is 4.80. The summed E-state index contributed by atoms with van der Waals surface area (Å²) in [7, 11) is 1.65. The lowest BCUT2D eigenvalue weighted by Gasteiger charge is -2.10. The van der Waals surface area contributed by atoms with Crippen molar-refractivity contribution in [3.63, 3.8) is 0 Å². The van der Waals surface area contributed by atoms with E-state index in [9.17, 15) is 4.79 Å². The van der Waals surface area contributed by atoms with Gasteiger partial charge < -0.3 is 15.0 Å². The van der Waals surface area contributed by atoms with Gasteiger partial charge in [0.1, 0.15) is 11.4 Å². The molecule has 0 saturated carbocycles. The Hall–Kier alpha value is -3.24. The van der Waals surface area contributed by atoms with Crippen molar-refractivity contribution in [2.45, 2.75) is 6.54 Å². The van der Waals surface area contributed by atoms with E-state index < -0.39 is 5.91 Å². The van der Waals surface area contributed by atoms with Gasteiger partial charge in [0, 0.05) is 22.5 Å². The molecule has 4 rings (SSSR count). The number of hydrogen-bond acceptors (Lipinski definition) is 2. The fourth-order valence-corrected chi connectivity index (χ4v) is 3.51. The largest absolute Gasteiger partial charge is 0.497 e. The van der Waals surface area contributed by atoms with Crippen LogP contribution in [0.3, 0.4) is 0 Å². The maximum atomic E-state index is 12.0. The molecule has 0 aliphatic heterocycles. The van der Waals surface area contributed by atoms with Crippen LogP contribution in [-0.2, 0) is 6.54 Å². The van der Waals surface area contributed by atoms with E-state index in [2.05, 4.69) is 6.07 Å². The maximum Gasteiger partial charge on any atom is 0.265 e. The van der Waals surface area contributed by atoms with E-state index in [4.69, 9.17) is 22.1 Å². The zero-order valence-corrected chi connectivity index (χ0v) is 16.1. The van der Waals surface area contributed by atoms with Gasteiger partial charge in [0.2, 0.25) is 0 Å². The summed E-state index contributed by atoms with van der Waals surface area (Å²) in [5.74, 6) is 0.367. The van der Waals surface area contributed by atoms with Gasteiger partial charge in [0.05, 0.1) is 7.11 Å². The highest BCUT2D eigenvalue weighted by Crippen LogP contribution is 2.29. The van der Waals surface area contributed by atoms with Crippen molar-refractivity contribution < 1.29 is 9.53 Å². The number of benzene rings is 3. The minimum absolute atomic E-state index is 0.448. The molecule has 140 valence electrons. The summed E-state index contributed by atoms with van der Waals surface area (Å²) in [6, 6.07) is 23.5. The van der Waals surface area contributed by atoms with E-state index >= 15 is 0 Å². The average Bonchev–Trinajstić information content (AvgIpc) is 3.08. The normalized spacial score (nSPS) is 10.9. The van der Waals surface area contributed by atoms with Crippen LogP contribution in [-0.4, -0.2) is 17.6 Å². The fourth-order valence-electron chi connectivity index (χ4n) is 3.38. The second-order valence-electron chi connectivity index (χ2n) is 6.61. The van der Waals surface area contributed by atoms with E-state index in [1.54, 1.807) is 7.11 Å². The monoisotopic (exact) mass is 390 g/mol. The van der Waals surface area contributed by atoms with Crippen LogP contribution >= 0.6 is 11.6 Å². The molecule has 28 heavy (non-hydrogen) atoms. The van der Waals surface area contributed by atoms with Crippen LogP contribution in [0.5, 0.6) is 5.75 Å². The average molecular weight is 391 g/mol. The smallest absolute Gasteiger partial charge is 0.265 e. The number of methoxy groups -OCH3 is 1. The Bertz CT molecular complexity index is 1150. The lowest BCUT2D eigenvalue weighted by atomic mass is 10.0. The number of primary amides is 1. The molecule has 2 N–H and O–H groups in total. The number of carbonyl (C=O) groups is 1. The van der Waals surface area contributed by atoms with E-state index in [1.807, 2.05) is 71.3 Å². The van der Waals surface area contributed by atoms with Crippen LogP contribution in [0.25, 0.3) is 22.0 Å². The van der Waals surface area contributed by atoms with Gasteiger partial charge in [-0.15, -0.1) is 0 Å². The number of ether oxygens (including phenoxy) is 1. The van der Waals surface area contributed by atoms with Gasteiger partial charge in [0.15, 0.2) is 0 Å². The number of fused-ring (bicyclic) bond motifs is 1. The summed E-state index contributed by atoms with van der Waals surface area (Å²) in [5, 5.41) is 1.65. The first kappa shape index (κ1) is 18.1. The molecular weight excluding hydrogens is 372 g/mol. The molecule has 0 bridgehead atoms. The highest BCUT2D eigenvalue weighted by Gasteiger charge is 2.14. The number of hydrogen-bond donors (Lipinski definition) is 1. The molecule has 0 aliphatic carbocycles. The summed E-state index contributed by atoms with van der Waals surface area (Å²) in [6.07, 6.45) is 0. The molecule has 0 spiro atoms. The third-order valence-corrected chi connectivity index (χ3v) is 5.08. The van der Waals surface area contributed by atoms with Crippen LogP contribution in [0.2, 0.25) is 5.02 Å². The maximum absolute atomic E-state index is 12.0. The van der Waals surface area contributed by atoms with Crippen LogP contribution in [0, 0.1) is 0 Å². The van der Waals surface area contributed by atoms with Crippen LogP contribution in [0.1, 0.15) is 16.1 Å². The Morgan fingerprint density at radius 2 is 1.64 bits per heavy atom. The Labute approximate surface area is 168 Å². The molecule has 4 aromatic rings. The summed E-state index contributed by atoms with van der Waals surface area (Å²) < 4.78 is 7.16. The van der Waals surface area contributed by atoms with Crippen molar-refractivity contribution in [3.8, 4) is 16.9 Å². The first-order valence-electron chi connectivity index (χ1n) is 8.87.